The molecule has 0 aromatic heterocycles. The Bertz CT molecular complexity index is 386. The summed E-state index contributed by atoms with van der Waals surface area (Å²) in [6.07, 6.45) is 16.5. The highest BCUT2D eigenvalue weighted by atomic mass is 16.5. The molecule has 0 heterocycles. The molecule has 20 heavy (non-hydrogen) atoms. The van der Waals surface area contributed by atoms with E-state index in [0.29, 0.717) is 13.2 Å². The van der Waals surface area contributed by atoms with Gasteiger partial charge in [-0.15, -0.1) is 0 Å². The fraction of sp³-hybridized carbons (Fsp3) is 0.250. The van der Waals surface area contributed by atoms with Gasteiger partial charge in [0.25, 0.3) is 0 Å². The average molecular weight is 276 g/mol. The van der Waals surface area contributed by atoms with Gasteiger partial charge in [0.2, 0.25) is 0 Å². The summed E-state index contributed by atoms with van der Waals surface area (Å²) in [7, 11) is 0. The van der Waals surface area contributed by atoms with Gasteiger partial charge in [-0.1, -0.05) is 48.6 Å². The Kier molecular flexibility index (Phi) is 11.5. The molecule has 0 aliphatic rings. The van der Waals surface area contributed by atoms with Crippen molar-refractivity contribution in [2.75, 3.05) is 13.2 Å². The van der Waals surface area contributed by atoms with Crippen LogP contribution in [0.25, 0.3) is 0 Å². The van der Waals surface area contributed by atoms with Crippen LogP contribution in [0.3, 0.4) is 0 Å². The van der Waals surface area contributed by atoms with E-state index in [1.54, 1.807) is 62.5 Å². The monoisotopic (exact) mass is 276 g/mol. The van der Waals surface area contributed by atoms with Gasteiger partial charge in [-0.05, 0) is 13.8 Å². The second-order valence-electron chi connectivity index (χ2n) is 3.38. The zero-order valence-electron chi connectivity index (χ0n) is 11.8. The van der Waals surface area contributed by atoms with Crippen LogP contribution in [0, 0.1) is 0 Å². The van der Waals surface area contributed by atoms with Crippen molar-refractivity contribution in [1.82, 2.24) is 0 Å². The molecule has 0 amide bonds. The molecule has 0 atom stereocenters. The number of hydrogen-bond donors (Lipinski definition) is 0. The van der Waals surface area contributed by atoms with Crippen LogP contribution in [0.4, 0.5) is 0 Å². The summed E-state index contributed by atoms with van der Waals surface area (Å²) in [6.45, 7) is 4.26. The van der Waals surface area contributed by atoms with Crippen molar-refractivity contribution in [1.29, 1.82) is 0 Å². The molecule has 108 valence electrons. The van der Waals surface area contributed by atoms with Crippen molar-refractivity contribution in [3.63, 3.8) is 0 Å². The normalized spacial score (nSPS) is 12.3. The lowest BCUT2D eigenvalue weighted by Gasteiger charge is -1.92. The lowest BCUT2D eigenvalue weighted by molar-refractivity contribution is -0.138. The first-order valence-corrected chi connectivity index (χ1v) is 6.39. The number of rotatable bonds is 8. The molecule has 0 aliphatic heterocycles. The molecule has 0 aromatic carbocycles. The van der Waals surface area contributed by atoms with Crippen molar-refractivity contribution in [2.24, 2.45) is 0 Å². The first kappa shape index (κ1) is 17.6. The van der Waals surface area contributed by atoms with Gasteiger partial charge in [-0.25, -0.2) is 9.59 Å². The van der Waals surface area contributed by atoms with Gasteiger partial charge in [0.1, 0.15) is 0 Å². The Morgan fingerprint density at radius 1 is 0.650 bits per heavy atom. The van der Waals surface area contributed by atoms with Crippen molar-refractivity contribution in [2.45, 2.75) is 13.8 Å². The van der Waals surface area contributed by atoms with Crippen LogP contribution >= 0.6 is 0 Å². The molecule has 0 bridgehead atoms. The van der Waals surface area contributed by atoms with Crippen LogP contribution in [-0.4, -0.2) is 25.2 Å². The first-order chi connectivity index (χ1) is 9.70. The molecular formula is C16H20O4. The van der Waals surface area contributed by atoms with Crippen LogP contribution in [0.15, 0.2) is 60.8 Å². The Hall–Kier alpha value is -2.36. The molecule has 0 radical (unpaired) electrons. The van der Waals surface area contributed by atoms with Crippen molar-refractivity contribution in [3.8, 4) is 0 Å². The van der Waals surface area contributed by atoms with Gasteiger partial charge in [0.05, 0.1) is 13.2 Å². The van der Waals surface area contributed by atoms with E-state index in [4.69, 9.17) is 9.47 Å². The van der Waals surface area contributed by atoms with Gasteiger partial charge in [0.15, 0.2) is 0 Å². The van der Waals surface area contributed by atoms with Gasteiger partial charge >= 0.3 is 11.9 Å². The maximum Gasteiger partial charge on any atom is 0.330 e. The highest BCUT2D eigenvalue weighted by Crippen LogP contribution is 1.86. The molecular weight excluding hydrogens is 256 g/mol. The highest BCUT2D eigenvalue weighted by molar-refractivity contribution is 5.82. The minimum atomic E-state index is -0.356. The topological polar surface area (TPSA) is 52.6 Å². The molecule has 0 rings (SSSR count). The quantitative estimate of drug-likeness (QED) is 0.388. The third kappa shape index (κ3) is 12.1. The van der Waals surface area contributed by atoms with E-state index in [-0.39, 0.29) is 11.9 Å². The van der Waals surface area contributed by atoms with Crippen LogP contribution in [0.2, 0.25) is 0 Å². The minimum Gasteiger partial charge on any atom is -0.463 e. The number of ether oxygens (including phenoxy) is 2. The zero-order valence-corrected chi connectivity index (χ0v) is 11.8. The highest BCUT2D eigenvalue weighted by Gasteiger charge is 1.90. The summed E-state index contributed by atoms with van der Waals surface area (Å²) >= 11 is 0. The second-order valence-corrected chi connectivity index (χ2v) is 3.38. The molecule has 0 N–H and O–H groups in total. The van der Waals surface area contributed by atoms with E-state index in [1.807, 2.05) is 0 Å². The summed E-state index contributed by atoms with van der Waals surface area (Å²) in [5, 5.41) is 0. The molecule has 0 spiro atoms. The van der Waals surface area contributed by atoms with Crippen molar-refractivity contribution >= 4 is 11.9 Å². The molecule has 0 saturated carbocycles. The third-order valence-electron chi connectivity index (χ3n) is 1.82. The van der Waals surface area contributed by atoms with Crippen LogP contribution in [-0.2, 0) is 19.1 Å². The summed E-state index contributed by atoms with van der Waals surface area (Å²) in [4.78, 5) is 21.9. The predicted octanol–water partition coefficient (Wildman–Crippen LogP) is 2.89. The average Bonchev–Trinajstić information content (AvgIpc) is 2.41. The lowest BCUT2D eigenvalue weighted by Crippen LogP contribution is -1.98. The predicted molar refractivity (Wildman–Crippen MR) is 79.0 cm³/mol. The van der Waals surface area contributed by atoms with E-state index in [9.17, 15) is 9.59 Å². The first-order valence-electron chi connectivity index (χ1n) is 6.39. The van der Waals surface area contributed by atoms with Crippen LogP contribution in [0.5, 0.6) is 0 Å². The van der Waals surface area contributed by atoms with E-state index in [1.165, 1.54) is 12.2 Å². The second kappa shape index (κ2) is 13.1. The van der Waals surface area contributed by atoms with E-state index < -0.39 is 0 Å². The molecule has 0 aliphatic carbocycles. The van der Waals surface area contributed by atoms with Crippen LogP contribution in [0.1, 0.15) is 13.8 Å². The number of carbonyl (C=O) groups is 2. The fourth-order valence-corrected chi connectivity index (χ4v) is 1.03. The zero-order chi connectivity index (χ0) is 15.1. The Balaban J connectivity index is 3.91. The molecule has 0 unspecified atom stereocenters. The van der Waals surface area contributed by atoms with E-state index >= 15 is 0 Å². The lowest BCUT2D eigenvalue weighted by atomic mass is 10.3. The molecule has 4 heteroatoms. The summed E-state index contributed by atoms with van der Waals surface area (Å²) < 4.78 is 9.43. The largest absolute Gasteiger partial charge is 0.463 e. The maximum atomic E-state index is 10.9. The number of esters is 2. The SMILES string of the molecule is CCOC(=O)/C=C/C=C/C=C/C=C/C=C/C(=O)OCC. The standard InChI is InChI=1S/C16H20O4/c1-3-19-15(17)13-11-9-7-5-6-8-10-12-14-16(18)20-4-2/h5-14H,3-4H2,1-2H3/b6-5+,9-7+,10-8+,13-11+,14-12+. The number of hydrogen-bond acceptors (Lipinski definition) is 4. The Morgan fingerprint density at radius 2 is 0.950 bits per heavy atom. The molecule has 0 aromatic rings. The summed E-state index contributed by atoms with van der Waals surface area (Å²) in [5.41, 5.74) is 0. The molecule has 4 nitrogen and oxygen atoms in total. The Labute approximate surface area is 119 Å². The smallest absolute Gasteiger partial charge is 0.330 e. The van der Waals surface area contributed by atoms with E-state index in [2.05, 4.69) is 0 Å². The summed E-state index contributed by atoms with van der Waals surface area (Å²) in [5.74, 6) is -0.713. The fourth-order valence-electron chi connectivity index (χ4n) is 1.03. The summed E-state index contributed by atoms with van der Waals surface area (Å²) in [6, 6.07) is 0. The minimum absolute atomic E-state index is 0.356. The van der Waals surface area contributed by atoms with Crippen molar-refractivity contribution in [3.05, 3.63) is 60.8 Å². The number of carbonyl (C=O) groups excluding carboxylic acids is 2. The molecule has 0 saturated heterocycles. The number of allylic oxidation sites excluding steroid dienone is 8. The maximum absolute atomic E-state index is 10.9. The van der Waals surface area contributed by atoms with Gasteiger partial charge < -0.3 is 9.47 Å². The van der Waals surface area contributed by atoms with Gasteiger partial charge in [0, 0.05) is 12.2 Å². The van der Waals surface area contributed by atoms with Crippen LogP contribution < -0.4 is 0 Å². The van der Waals surface area contributed by atoms with E-state index in [0.717, 1.165) is 0 Å². The molecule has 0 fully saturated rings. The van der Waals surface area contributed by atoms with Gasteiger partial charge in [-0.3, -0.25) is 0 Å². The van der Waals surface area contributed by atoms with Crippen molar-refractivity contribution < 1.29 is 19.1 Å². The Morgan fingerprint density at radius 3 is 1.25 bits per heavy atom. The third-order valence-corrected chi connectivity index (χ3v) is 1.82. The van der Waals surface area contributed by atoms with Gasteiger partial charge in [-0.2, -0.15) is 0 Å².